The third-order valence-electron chi connectivity index (χ3n) is 3.97. The molecule has 19 heavy (non-hydrogen) atoms. The smallest absolute Gasteiger partial charge is 0.242 e. The van der Waals surface area contributed by atoms with Crippen molar-refractivity contribution in [1.82, 2.24) is 4.90 Å². The quantitative estimate of drug-likeness (QED) is 0.892. The minimum absolute atomic E-state index is 0.128. The van der Waals surface area contributed by atoms with Gasteiger partial charge in [-0.3, -0.25) is 4.79 Å². The zero-order chi connectivity index (χ0) is 13.5. The number of piperazine rings is 1. The summed E-state index contributed by atoms with van der Waals surface area (Å²) < 4.78 is 0. The second kappa shape index (κ2) is 4.69. The highest BCUT2D eigenvalue weighted by atomic mass is 35.5. The van der Waals surface area contributed by atoms with Gasteiger partial charge in [0.05, 0.1) is 5.54 Å². The van der Waals surface area contributed by atoms with Gasteiger partial charge in [0.25, 0.3) is 0 Å². The summed E-state index contributed by atoms with van der Waals surface area (Å²) in [5.74, 6) is 0.128. The fourth-order valence-electron chi connectivity index (χ4n) is 2.48. The highest BCUT2D eigenvalue weighted by molar-refractivity contribution is 6.30. The van der Waals surface area contributed by atoms with Crippen molar-refractivity contribution >= 4 is 23.2 Å². The molecular weight excluding hydrogens is 262 g/mol. The molecule has 2 fully saturated rings. The summed E-state index contributed by atoms with van der Waals surface area (Å²) in [4.78, 5) is 16.3. The molecule has 1 aliphatic heterocycles. The number of hydrogen-bond donors (Lipinski definition) is 1. The summed E-state index contributed by atoms with van der Waals surface area (Å²) >= 11 is 5.89. The zero-order valence-electron chi connectivity index (χ0n) is 10.8. The molecule has 2 aliphatic rings. The first-order chi connectivity index (χ1) is 9.08. The number of hydrogen-bond acceptors (Lipinski definition) is 3. The van der Waals surface area contributed by atoms with Crippen LogP contribution in [0.4, 0.5) is 5.69 Å². The Balaban J connectivity index is 1.60. The summed E-state index contributed by atoms with van der Waals surface area (Å²) in [5, 5.41) is 0.747. The van der Waals surface area contributed by atoms with Crippen molar-refractivity contribution in [3.63, 3.8) is 0 Å². The number of carbonyl (C=O) groups excluding carboxylic acids is 1. The van der Waals surface area contributed by atoms with E-state index in [4.69, 9.17) is 17.3 Å². The molecule has 4 nitrogen and oxygen atoms in total. The fourth-order valence-corrected chi connectivity index (χ4v) is 2.61. The summed E-state index contributed by atoms with van der Waals surface area (Å²) in [7, 11) is 0. The van der Waals surface area contributed by atoms with Gasteiger partial charge in [-0.2, -0.15) is 0 Å². The van der Waals surface area contributed by atoms with Gasteiger partial charge in [0, 0.05) is 36.9 Å². The van der Waals surface area contributed by atoms with Gasteiger partial charge in [0.1, 0.15) is 0 Å². The third kappa shape index (κ3) is 2.55. The normalized spacial score (nSPS) is 21.4. The third-order valence-corrected chi connectivity index (χ3v) is 4.23. The molecule has 1 aromatic rings. The van der Waals surface area contributed by atoms with Crippen molar-refractivity contribution in [3.05, 3.63) is 29.3 Å². The van der Waals surface area contributed by atoms with Crippen LogP contribution < -0.4 is 10.6 Å². The Labute approximate surface area is 118 Å². The predicted molar refractivity (Wildman–Crippen MR) is 76.4 cm³/mol. The van der Waals surface area contributed by atoms with Crippen LogP contribution in [-0.4, -0.2) is 42.5 Å². The molecule has 5 heteroatoms. The Morgan fingerprint density at radius 1 is 1.11 bits per heavy atom. The van der Waals surface area contributed by atoms with Crippen molar-refractivity contribution in [2.75, 3.05) is 31.1 Å². The Kier molecular flexibility index (Phi) is 3.15. The van der Waals surface area contributed by atoms with Crippen LogP contribution in [0.1, 0.15) is 12.8 Å². The number of nitrogens with zero attached hydrogens (tertiary/aromatic N) is 2. The highest BCUT2D eigenvalue weighted by Gasteiger charge is 2.48. The summed E-state index contributed by atoms with van der Waals surface area (Å²) in [5.41, 5.74) is 6.58. The average Bonchev–Trinajstić information content (AvgIpc) is 3.18. The molecule has 0 atom stereocenters. The molecule has 102 valence electrons. The first kappa shape index (κ1) is 12.8. The molecule has 3 rings (SSSR count). The van der Waals surface area contributed by atoms with Crippen LogP contribution in [0.25, 0.3) is 0 Å². The molecule has 1 aliphatic carbocycles. The van der Waals surface area contributed by atoms with Crippen LogP contribution in [0.3, 0.4) is 0 Å². The lowest BCUT2D eigenvalue weighted by Gasteiger charge is -2.37. The molecule has 2 N–H and O–H groups in total. The molecule has 1 aromatic carbocycles. The molecule has 1 saturated carbocycles. The lowest BCUT2D eigenvalue weighted by molar-refractivity contribution is -0.133. The highest BCUT2D eigenvalue weighted by Crippen LogP contribution is 2.34. The van der Waals surface area contributed by atoms with Crippen LogP contribution in [0, 0.1) is 0 Å². The van der Waals surface area contributed by atoms with Crippen LogP contribution in [0.15, 0.2) is 24.3 Å². The van der Waals surface area contributed by atoms with Crippen molar-refractivity contribution in [3.8, 4) is 0 Å². The van der Waals surface area contributed by atoms with E-state index in [1.807, 2.05) is 29.2 Å². The molecule has 0 bridgehead atoms. The van der Waals surface area contributed by atoms with E-state index in [0.29, 0.717) is 0 Å². The average molecular weight is 280 g/mol. The number of rotatable bonds is 2. The van der Waals surface area contributed by atoms with Gasteiger partial charge in [-0.15, -0.1) is 0 Å². The molecule has 1 saturated heterocycles. The summed E-state index contributed by atoms with van der Waals surface area (Å²) in [6.45, 7) is 3.20. The van der Waals surface area contributed by atoms with Crippen molar-refractivity contribution in [1.29, 1.82) is 0 Å². The Morgan fingerprint density at radius 3 is 2.21 bits per heavy atom. The van der Waals surface area contributed by atoms with E-state index in [1.165, 1.54) is 0 Å². The number of carbonyl (C=O) groups is 1. The Hall–Kier alpha value is -1.26. The van der Waals surface area contributed by atoms with E-state index >= 15 is 0 Å². The number of benzene rings is 1. The van der Waals surface area contributed by atoms with Gasteiger partial charge in [-0.05, 0) is 37.1 Å². The largest absolute Gasteiger partial charge is 0.368 e. The molecule has 1 amide bonds. The van der Waals surface area contributed by atoms with Crippen molar-refractivity contribution < 1.29 is 4.79 Å². The number of halogens is 1. The van der Waals surface area contributed by atoms with Crippen LogP contribution >= 0.6 is 11.6 Å². The molecule has 1 heterocycles. The van der Waals surface area contributed by atoms with Crippen molar-refractivity contribution in [2.24, 2.45) is 5.73 Å². The van der Waals surface area contributed by atoms with Crippen LogP contribution in [0.2, 0.25) is 5.02 Å². The van der Waals surface area contributed by atoms with Gasteiger partial charge in [0.15, 0.2) is 0 Å². The maximum absolute atomic E-state index is 12.1. The van der Waals surface area contributed by atoms with Crippen LogP contribution in [0.5, 0.6) is 0 Å². The second-order valence-corrected chi connectivity index (χ2v) is 5.85. The van der Waals surface area contributed by atoms with Gasteiger partial charge >= 0.3 is 0 Å². The van der Waals surface area contributed by atoms with E-state index < -0.39 is 5.54 Å². The van der Waals surface area contributed by atoms with E-state index in [0.717, 1.165) is 49.7 Å². The van der Waals surface area contributed by atoms with E-state index in [-0.39, 0.29) is 5.91 Å². The molecule has 0 radical (unpaired) electrons. The Morgan fingerprint density at radius 2 is 1.68 bits per heavy atom. The molecule has 0 spiro atoms. The molecule has 0 unspecified atom stereocenters. The summed E-state index contributed by atoms with van der Waals surface area (Å²) in [6, 6.07) is 7.83. The van der Waals surface area contributed by atoms with Gasteiger partial charge in [-0.25, -0.2) is 0 Å². The van der Waals surface area contributed by atoms with Crippen LogP contribution in [-0.2, 0) is 4.79 Å². The number of amides is 1. The summed E-state index contributed by atoms with van der Waals surface area (Å²) in [6.07, 6.45) is 1.67. The molecular formula is C14H18ClN3O. The number of nitrogens with two attached hydrogens (primary N) is 1. The minimum atomic E-state index is -0.539. The monoisotopic (exact) mass is 279 g/mol. The second-order valence-electron chi connectivity index (χ2n) is 5.41. The topological polar surface area (TPSA) is 49.6 Å². The zero-order valence-corrected chi connectivity index (χ0v) is 11.6. The van der Waals surface area contributed by atoms with Gasteiger partial charge in [-0.1, -0.05) is 11.6 Å². The maximum Gasteiger partial charge on any atom is 0.242 e. The standard InChI is InChI=1S/C14H18ClN3O/c15-11-1-3-12(4-2-11)17-7-9-18(10-8-17)13(19)14(16)5-6-14/h1-4H,5-10,16H2. The SMILES string of the molecule is NC1(C(=O)N2CCN(c3ccc(Cl)cc3)CC2)CC1. The lowest BCUT2D eigenvalue weighted by atomic mass is 10.2. The van der Waals surface area contributed by atoms with Crippen molar-refractivity contribution in [2.45, 2.75) is 18.4 Å². The minimum Gasteiger partial charge on any atom is -0.368 e. The maximum atomic E-state index is 12.1. The Bertz CT molecular complexity index is 476. The number of anilines is 1. The van der Waals surface area contributed by atoms with Gasteiger partial charge < -0.3 is 15.5 Å². The van der Waals surface area contributed by atoms with E-state index in [2.05, 4.69) is 4.90 Å². The molecule has 0 aromatic heterocycles. The van der Waals surface area contributed by atoms with E-state index in [9.17, 15) is 4.79 Å². The predicted octanol–water partition coefficient (Wildman–Crippen LogP) is 1.48. The van der Waals surface area contributed by atoms with E-state index in [1.54, 1.807) is 0 Å². The van der Waals surface area contributed by atoms with Gasteiger partial charge in [0.2, 0.25) is 5.91 Å². The lowest BCUT2D eigenvalue weighted by Crippen LogP contribution is -2.54. The first-order valence-electron chi connectivity index (χ1n) is 6.67. The fraction of sp³-hybridized carbons (Fsp3) is 0.500. The first-order valence-corrected chi connectivity index (χ1v) is 7.05.